The Bertz CT molecular complexity index is 672. The summed E-state index contributed by atoms with van der Waals surface area (Å²) in [6, 6.07) is 8.54. The number of piperazine rings is 1. The van der Waals surface area contributed by atoms with Crippen LogP contribution in [0.5, 0.6) is 0 Å². The van der Waals surface area contributed by atoms with E-state index in [1.54, 1.807) is 0 Å². The third-order valence-corrected chi connectivity index (χ3v) is 6.50. The van der Waals surface area contributed by atoms with E-state index in [9.17, 15) is 4.79 Å². The van der Waals surface area contributed by atoms with Crippen molar-refractivity contribution in [3.8, 4) is 0 Å². The molecule has 1 aliphatic heterocycles. The summed E-state index contributed by atoms with van der Waals surface area (Å²) in [5.74, 6) is 0.758. The van der Waals surface area contributed by atoms with Gasteiger partial charge in [0, 0.05) is 37.9 Å². The molecule has 2 aliphatic rings. The topological polar surface area (TPSA) is 47.6 Å². The van der Waals surface area contributed by atoms with Crippen LogP contribution in [-0.4, -0.2) is 59.6 Å². The van der Waals surface area contributed by atoms with E-state index in [0.717, 1.165) is 43.4 Å². The number of benzene rings is 1. The molecule has 2 atom stereocenters. The van der Waals surface area contributed by atoms with Gasteiger partial charge >= 0.3 is 0 Å². The van der Waals surface area contributed by atoms with Gasteiger partial charge in [0.15, 0.2) is 5.11 Å². The third kappa shape index (κ3) is 5.67. The van der Waals surface area contributed by atoms with Gasteiger partial charge in [-0.1, -0.05) is 44.9 Å². The Morgan fingerprint density at radius 2 is 1.86 bits per heavy atom. The van der Waals surface area contributed by atoms with Crippen LogP contribution in [0, 0.1) is 5.92 Å². The van der Waals surface area contributed by atoms with E-state index >= 15 is 0 Å². The van der Waals surface area contributed by atoms with Gasteiger partial charge in [0.2, 0.25) is 5.91 Å². The molecule has 5 nitrogen and oxygen atoms in total. The predicted octanol–water partition coefficient (Wildman–Crippen LogP) is 3.26. The Hall–Kier alpha value is -1.66. The lowest BCUT2D eigenvalue weighted by Crippen LogP contribution is -2.55. The van der Waals surface area contributed by atoms with E-state index in [4.69, 9.17) is 12.2 Å². The first-order chi connectivity index (χ1) is 13.6. The second-order valence-electron chi connectivity index (χ2n) is 8.14. The molecule has 2 N–H and O–H groups in total. The zero-order chi connectivity index (χ0) is 19.9. The normalized spacial score (nSPS) is 23.3. The molecular weight excluding hydrogens is 368 g/mol. The van der Waals surface area contributed by atoms with Crippen molar-refractivity contribution in [3.05, 3.63) is 29.8 Å². The molecular formula is C22H34N4OS. The SMILES string of the molecule is CCc1ccccc1NC(=O)CN1CCN(C(=S)N[C@@H]2CCCC[C@H]2C)CC1. The Labute approximate surface area is 174 Å². The van der Waals surface area contributed by atoms with Crippen LogP contribution in [0.4, 0.5) is 5.69 Å². The van der Waals surface area contributed by atoms with Crippen LogP contribution in [0.2, 0.25) is 0 Å². The largest absolute Gasteiger partial charge is 0.360 e. The lowest BCUT2D eigenvalue weighted by atomic mass is 9.86. The Morgan fingerprint density at radius 1 is 1.14 bits per heavy atom. The monoisotopic (exact) mass is 402 g/mol. The molecule has 1 aromatic carbocycles. The first-order valence-corrected chi connectivity index (χ1v) is 11.1. The number of thiocarbonyl (C=S) groups is 1. The van der Waals surface area contributed by atoms with Crippen LogP contribution in [-0.2, 0) is 11.2 Å². The molecule has 0 aromatic heterocycles. The van der Waals surface area contributed by atoms with E-state index in [0.29, 0.717) is 18.5 Å². The Balaban J connectivity index is 1.42. The summed E-state index contributed by atoms with van der Waals surface area (Å²) in [5.41, 5.74) is 2.11. The summed E-state index contributed by atoms with van der Waals surface area (Å²) in [5, 5.41) is 7.56. The average Bonchev–Trinajstić information content (AvgIpc) is 2.70. The second kappa shape index (κ2) is 10.2. The highest BCUT2D eigenvalue weighted by Gasteiger charge is 2.25. The second-order valence-corrected chi connectivity index (χ2v) is 8.53. The molecule has 0 unspecified atom stereocenters. The number of aryl methyl sites for hydroxylation is 1. The molecule has 1 saturated heterocycles. The van der Waals surface area contributed by atoms with Gasteiger partial charge in [-0.25, -0.2) is 0 Å². The number of para-hydroxylation sites is 1. The molecule has 3 rings (SSSR count). The van der Waals surface area contributed by atoms with Gasteiger partial charge in [-0.3, -0.25) is 9.69 Å². The average molecular weight is 403 g/mol. The van der Waals surface area contributed by atoms with Crippen LogP contribution < -0.4 is 10.6 Å². The number of nitrogens with one attached hydrogen (secondary N) is 2. The predicted molar refractivity (Wildman–Crippen MR) is 120 cm³/mol. The maximum atomic E-state index is 12.5. The van der Waals surface area contributed by atoms with Crippen molar-refractivity contribution >= 4 is 28.9 Å². The maximum Gasteiger partial charge on any atom is 0.238 e. The fourth-order valence-electron chi connectivity index (χ4n) is 4.23. The Morgan fingerprint density at radius 3 is 2.57 bits per heavy atom. The minimum absolute atomic E-state index is 0.0612. The van der Waals surface area contributed by atoms with Gasteiger partial charge in [0.05, 0.1) is 6.54 Å². The number of anilines is 1. The highest BCUT2D eigenvalue weighted by atomic mass is 32.1. The van der Waals surface area contributed by atoms with Crippen molar-refractivity contribution in [1.29, 1.82) is 0 Å². The molecule has 0 radical (unpaired) electrons. The van der Waals surface area contributed by atoms with Gasteiger partial charge in [0.25, 0.3) is 0 Å². The third-order valence-electron chi connectivity index (χ3n) is 6.12. The quantitative estimate of drug-likeness (QED) is 0.741. The number of carbonyl (C=O) groups excluding carboxylic acids is 1. The summed E-state index contributed by atoms with van der Waals surface area (Å²) >= 11 is 5.67. The smallest absolute Gasteiger partial charge is 0.238 e. The van der Waals surface area contributed by atoms with Crippen LogP contribution in [0.15, 0.2) is 24.3 Å². The molecule has 6 heteroatoms. The molecule has 154 valence electrons. The van der Waals surface area contributed by atoms with Crippen molar-refractivity contribution in [2.45, 2.75) is 52.0 Å². The Kier molecular flexibility index (Phi) is 7.68. The summed E-state index contributed by atoms with van der Waals surface area (Å²) in [7, 11) is 0. The number of amides is 1. The van der Waals surface area contributed by atoms with E-state index in [-0.39, 0.29) is 5.91 Å². The summed E-state index contributed by atoms with van der Waals surface area (Å²) in [4.78, 5) is 16.9. The van der Waals surface area contributed by atoms with Crippen molar-refractivity contribution in [2.24, 2.45) is 5.92 Å². The zero-order valence-electron chi connectivity index (χ0n) is 17.2. The van der Waals surface area contributed by atoms with Gasteiger partial charge in [-0.05, 0) is 49.0 Å². The fourth-order valence-corrected chi connectivity index (χ4v) is 4.57. The fraction of sp³-hybridized carbons (Fsp3) is 0.636. The molecule has 1 heterocycles. The minimum atomic E-state index is 0.0612. The molecule has 28 heavy (non-hydrogen) atoms. The molecule has 1 amide bonds. The lowest BCUT2D eigenvalue weighted by Gasteiger charge is -2.38. The van der Waals surface area contributed by atoms with E-state index < -0.39 is 0 Å². The molecule has 0 spiro atoms. The molecule has 1 aromatic rings. The number of hydrogen-bond donors (Lipinski definition) is 2. The number of carbonyl (C=O) groups is 1. The first-order valence-electron chi connectivity index (χ1n) is 10.7. The maximum absolute atomic E-state index is 12.5. The van der Waals surface area contributed by atoms with E-state index in [1.807, 2.05) is 18.2 Å². The number of rotatable bonds is 5. The van der Waals surface area contributed by atoms with Crippen LogP contribution in [0.25, 0.3) is 0 Å². The standard InChI is InChI=1S/C22H34N4OS/c1-3-18-9-5-7-11-20(18)23-21(27)16-25-12-14-26(15-13-25)22(28)24-19-10-6-4-8-17(19)2/h5,7,9,11,17,19H,3-4,6,8,10,12-16H2,1-2H3,(H,23,27)(H,24,28)/t17-,19-/m1/s1. The highest BCUT2D eigenvalue weighted by Crippen LogP contribution is 2.24. The van der Waals surface area contributed by atoms with Crippen LogP contribution in [0.3, 0.4) is 0 Å². The van der Waals surface area contributed by atoms with Crippen molar-refractivity contribution in [2.75, 3.05) is 38.0 Å². The van der Waals surface area contributed by atoms with Crippen molar-refractivity contribution < 1.29 is 4.79 Å². The zero-order valence-corrected chi connectivity index (χ0v) is 18.1. The van der Waals surface area contributed by atoms with Gasteiger partial charge in [-0.15, -0.1) is 0 Å². The minimum Gasteiger partial charge on any atom is -0.360 e. The van der Waals surface area contributed by atoms with Crippen LogP contribution in [0.1, 0.15) is 45.1 Å². The molecule has 2 fully saturated rings. The van der Waals surface area contributed by atoms with Crippen LogP contribution >= 0.6 is 12.2 Å². The highest BCUT2D eigenvalue weighted by molar-refractivity contribution is 7.80. The summed E-state index contributed by atoms with van der Waals surface area (Å²) < 4.78 is 0. The number of hydrogen-bond acceptors (Lipinski definition) is 3. The van der Waals surface area contributed by atoms with E-state index in [1.165, 1.54) is 31.2 Å². The molecule has 1 saturated carbocycles. The van der Waals surface area contributed by atoms with Gasteiger partial charge < -0.3 is 15.5 Å². The van der Waals surface area contributed by atoms with Crippen molar-refractivity contribution in [3.63, 3.8) is 0 Å². The molecule has 0 bridgehead atoms. The summed E-state index contributed by atoms with van der Waals surface area (Å²) in [6.07, 6.45) is 6.08. The van der Waals surface area contributed by atoms with Crippen molar-refractivity contribution in [1.82, 2.24) is 15.1 Å². The summed E-state index contributed by atoms with van der Waals surface area (Å²) in [6.45, 7) is 8.36. The number of nitrogens with zero attached hydrogens (tertiary/aromatic N) is 2. The lowest BCUT2D eigenvalue weighted by molar-refractivity contribution is -0.117. The molecule has 1 aliphatic carbocycles. The first kappa shape index (κ1) is 21.1. The van der Waals surface area contributed by atoms with Gasteiger partial charge in [0.1, 0.15) is 0 Å². The van der Waals surface area contributed by atoms with Gasteiger partial charge in [-0.2, -0.15) is 0 Å². The van der Waals surface area contributed by atoms with E-state index in [2.05, 4.69) is 40.3 Å².